The Morgan fingerprint density at radius 1 is 1.38 bits per heavy atom. The van der Waals surface area contributed by atoms with Crippen molar-refractivity contribution in [3.63, 3.8) is 0 Å². The summed E-state index contributed by atoms with van der Waals surface area (Å²) < 4.78 is 12.4. The summed E-state index contributed by atoms with van der Waals surface area (Å²) in [6.07, 6.45) is 1.06. The normalized spacial score (nSPS) is 24.5. The number of hydrogen-bond donors (Lipinski definition) is 1. The predicted molar refractivity (Wildman–Crippen MR) is 58.6 cm³/mol. The monoisotopic (exact) mass is 230 g/mol. The lowest BCUT2D eigenvalue weighted by Gasteiger charge is -2.44. The maximum Gasteiger partial charge on any atom is 0.249 e. The van der Waals surface area contributed by atoms with Gasteiger partial charge in [0.15, 0.2) is 0 Å². The van der Waals surface area contributed by atoms with Crippen LogP contribution in [0.15, 0.2) is 0 Å². The smallest absolute Gasteiger partial charge is 0.249 e. The van der Waals surface area contributed by atoms with Gasteiger partial charge in [-0.15, -0.1) is 0 Å². The highest BCUT2D eigenvalue weighted by Crippen LogP contribution is 2.24. The average molecular weight is 230 g/mol. The molecule has 16 heavy (non-hydrogen) atoms. The fourth-order valence-corrected chi connectivity index (χ4v) is 2.10. The van der Waals surface area contributed by atoms with E-state index in [0.717, 1.165) is 0 Å². The highest BCUT2D eigenvalue weighted by Gasteiger charge is 2.46. The van der Waals surface area contributed by atoms with E-state index in [1.807, 2.05) is 13.8 Å². The third kappa shape index (κ3) is 1.90. The molecule has 0 aliphatic carbocycles. The Bertz CT molecular complexity index is 290. The van der Waals surface area contributed by atoms with Gasteiger partial charge < -0.3 is 10.2 Å². The SMILES string of the molecule is CCC1(CC)NC(=O)C(C)N(CCF)C1=O. The number of rotatable bonds is 4. The predicted octanol–water partition coefficient (Wildman–Crippen LogP) is 0.862. The fourth-order valence-electron chi connectivity index (χ4n) is 2.10. The van der Waals surface area contributed by atoms with Gasteiger partial charge in [-0.1, -0.05) is 13.8 Å². The zero-order chi connectivity index (χ0) is 12.3. The van der Waals surface area contributed by atoms with Gasteiger partial charge in [0.05, 0.1) is 0 Å². The summed E-state index contributed by atoms with van der Waals surface area (Å²) in [4.78, 5) is 25.3. The molecule has 5 heteroatoms. The summed E-state index contributed by atoms with van der Waals surface area (Å²) in [5, 5.41) is 2.76. The lowest BCUT2D eigenvalue weighted by molar-refractivity contribution is -0.155. The second-order valence-corrected chi connectivity index (χ2v) is 4.14. The van der Waals surface area contributed by atoms with Gasteiger partial charge in [0.2, 0.25) is 11.8 Å². The summed E-state index contributed by atoms with van der Waals surface area (Å²) in [6, 6.07) is -0.575. The Balaban J connectivity index is 3.01. The average Bonchev–Trinajstić information content (AvgIpc) is 2.29. The number of piperazine rings is 1. The van der Waals surface area contributed by atoms with E-state index >= 15 is 0 Å². The molecule has 0 aromatic rings. The number of carbonyl (C=O) groups is 2. The maximum absolute atomic E-state index is 12.4. The van der Waals surface area contributed by atoms with Gasteiger partial charge in [0, 0.05) is 6.54 Å². The van der Waals surface area contributed by atoms with E-state index < -0.39 is 18.3 Å². The molecule has 0 aromatic heterocycles. The summed E-state index contributed by atoms with van der Waals surface area (Å²) in [6.45, 7) is 4.71. The maximum atomic E-state index is 12.4. The number of nitrogens with one attached hydrogen (secondary N) is 1. The first-order chi connectivity index (χ1) is 7.52. The molecule has 1 fully saturated rings. The molecule has 4 nitrogen and oxygen atoms in total. The first-order valence-electron chi connectivity index (χ1n) is 5.71. The molecule has 1 rings (SSSR count). The van der Waals surface area contributed by atoms with Crippen LogP contribution in [0.25, 0.3) is 0 Å². The molecular weight excluding hydrogens is 211 g/mol. The first-order valence-corrected chi connectivity index (χ1v) is 5.71. The molecule has 0 spiro atoms. The van der Waals surface area contributed by atoms with E-state index in [1.54, 1.807) is 6.92 Å². The number of carbonyl (C=O) groups excluding carboxylic acids is 2. The summed E-state index contributed by atoms with van der Waals surface area (Å²) >= 11 is 0. The van der Waals surface area contributed by atoms with Crippen LogP contribution in [-0.4, -0.2) is 41.5 Å². The minimum Gasteiger partial charge on any atom is -0.340 e. The van der Waals surface area contributed by atoms with Crippen LogP contribution >= 0.6 is 0 Å². The van der Waals surface area contributed by atoms with Crippen molar-refractivity contribution in [1.29, 1.82) is 0 Å². The lowest BCUT2D eigenvalue weighted by atomic mass is 9.87. The van der Waals surface area contributed by atoms with Crippen LogP contribution in [0.3, 0.4) is 0 Å². The minimum absolute atomic E-state index is 0.00479. The Kier molecular flexibility index (Phi) is 3.88. The molecule has 0 aromatic carbocycles. The molecule has 0 bridgehead atoms. The molecule has 1 atom stereocenters. The van der Waals surface area contributed by atoms with Crippen LogP contribution in [0.5, 0.6) is 0 Å². The van der Waals surface area contributed by atoms with E-state index in [4.69, 9.17) is 0 Å². The zero-order valence-electron chi connectivity index (χ0n) is 10.0. The highest BCUT2D eigenvalue weighted by atomic mass is 19.1. The molecule has 1 aliphatic heterocycles. The fraction of sp³-hybridized carbons (Fsp3) is 0.818. The summed E-state index contributed by atoms with van der Waals surface area (Å²) in [5.41, 5.74) is -0.835. The Morgan fingerprint density at radius 3 is 2.38 bits per heavy atom. The molecule has 1 heterocycles. The van der Waals surface area contributed by atoms with E-state index in [0.29, 0.717) is 12.8 Å². The lowest BCUT2D eigenvalue weighted by Crippen LogP contribution is -2.69. The zero-order valence-corrected chi connectivity index (χ0v) is 10.0. The molecule has 0 radical (unpaired) electrons. The van der Waals surface area contributed by atoms with E-state index in [2.05, 4.69) is 5.32 Å². The van der Waals surface area contributed by atoms with Crippen LogP contribution in [0.2, 0.25) is 0 Å². The molecule has 1 saturated heterocycles. The van der Waals surface area contributed by atoms with E-state index in [-0.39, 0.29) is 18.4 Å². The van der Waals surface area contributed by atoms with Crippen molar-refractivity contribution in [3.8, 4) is 0 Å². The Labute approximate surface area is 95.2 Å². The van der Waals surface area contributed by atoms with E-state index in [1.165, 1.54) is 4.90 Å². The third-order valence-electron chi connectivity index (χ3n) is 3.41. The van der Waals surface area contributed by atoms with E-state index in [9.17, 15) is 14.0 Å². The number of halogens is 1. The van der Waals surface area contributed by atoms with Crippen molar-refractivity contribution in [2.24, 2.45) is 0 Å². The Hall–Kier alpha value is -1.13. The molecule has 92 valence electrons. The van der Waals surface area contributed by atoms with Gasteiger partial charge >= 0.3 is 0 Å². The largest absolute Gasteiger partial charge is 0.340 e. The van der Waals surface area contributed by atoms with Crippen LogP contribution in [-0.2, 0) is 9.59 Å². The van der Waals surface area contributed by atoms with Crippen molar-refractivity contribution < 1.29 is 14.0 Å². The van der Waals surface area contributed by atoms with Gasteiger partial charge in [-0.2, -0.15) is 0 Å². The van der Waals surface area contributed by atoms with Gasteiger partial charge in [-0.05, 0) is 19.8 Å². The highest BCUT2D eigenvalue weighted by molar-refractivity contribution is 5.99. The molecule has 1 N–H and O–H groups in total. The number of hydrogen-bond acceptors (Lipinski definition) is 2. The van der Waals surface area contributed by atoms with Gasteiger partial charge in [-0.3, -0.25) is 9.59 Å². The number of alkyl halides is 1. The quantitative estimate of drug-likeness (QED) is 0.778. The van der Waals surface area contributed by atoms with Crippen molar-refractivity contribution in [1.82, 2.24) is 10.2 Å². The minimum atomic E-state index is -0.835. The second kappa shape index (κ2) is 4.80. The van der Waals surface area contributed by atoms with Crippen molar-refractivity contribution in [2.75, 3.05) is 13.2 Å². The van der Waals surface area contributed by atoms with Crippen molar-refractivity contribution in [2.45, 2.75) is 45.2 Å². The van der Waals surface area contributed by atoms with Crippen LogP contribution in [0.1, 0.15) is 33.6 Å². The number of nitrogens with zero attached hydrogens (tertiary/aromatic N) is 1. The molecule has 1 aliphatic rings. The van der Waals surface area contributed by atoms with Crippen molar-refractivity contribution >= 4 is 11.8 Å². The van der Waals surface area contributed by atoms with Crippen LogP contribution in [0, 0.1) is 0 Å². The molecule has 0 saturated carbocycles. The van der Waals surface area contributed by atoms with Crippen molar-refractivity contribution in [3.05, 3.63) is 0 Å². The standard InChI is InChI=1S/C11H19FN2O2/c1-4-11(5-2)10(16)14(7-6-12)8(3)9(15)13-11/h8H,4-7H2,1-3H3,(H,13,15). The summed E-state index contributed by atoms with van der Waals surface area (Å²) in [5.74, 6) is -0.362. The van der Waals surface area contributed by atoms with Gasteiger partial charge in [-0.25, -0.2) is 4.39 Å². The van der Waals surface area contributed by atoms with Gasteiger partial charge in [0.25, 0.3) is 0 Å². The van der Waals surface area contributed by atoms with Crippen LogP contribution < -0.4 is 5.32 Å². The third-order valence-corrected chi connectivity index (χ3v) is 3.41. The molecule has 1 unspecified atom stereocenters. The topological polar surface area (TPSA) is 49.4 Å². The first kappa shape index (κ1) is 12.9. The molecule has 2 amide bonds. The van der Waals surface area contributed by atoms with Gasteiger partial charge in [0.1, 0.15) is 18.3 Å². The van der Waals surface area contributed by atoms with Crippen LogP contribution in [0.4, 0.5) is 4.39 Å². The second-order valence-electron chi connectivity index (χ2n) is 4.14. The summed E-state index contributed by atoms with van der Waals surface area (Å²) in [7, 11) is 0. The Morgan fingerprint density at radius 2 is 1.94 bits per heavy atom. The molecular formula is C11H19FN2O2. The number of amides is 2.